The van der Waals surface area contributed by atoms with Crippen LogP contribution < -0.4 is 20.5 Å². The Morgan fingerprint density at radius 2 is 1.89 bits per heavy atom. The first kappa shape index (κ1) is 27.0. The molecule has 1 fully saturated rings. The maximum absolute atomic E-state index is 14.9. The van der Waals surface area contributed by atoms with Crippen LogP contribution in [-0.2, 0) is 9.53 Å². The lowest BCUT2D eigenvalue weighted by Crippen LogP contribution is -2.47. The van der Waals surface area contributed by atoms with Crippen LogP contribution in [0, 0.1) is 11.7 Å². The molecule has 0 unspecified atom stereocenters. The van der Waals surface area contributed by atoms with Gasteiger partial charge in [-0.15, -0.1) is 0 Å². The maximum Gasteiger partial charge on any atom is 0.417 e. The third-order valence-electron chi connectivity index (χ3n) is 6.08. The molecule has 1 aliphatic rings. The number of rotatable bonds is 7. The van der Waals surface area contributed by atoms with Gasteiger partial charge in [0.2, 0.25) is 5.82 Å². The molecule has 1 saturated heterocycles. The number of amides is 2. The zero-order valence-corrected chi connectivity index (χ0v) is 19.0. The second-order valence-electron chi connectivity index (χ2n) is 8.12. The number of hydrogen-bond donors (Lipinski definition) is 2. The number of nitrogens with zero attached hydrogens (tertiary/aromatic N) is 1. The summed E-state index contributed by atoms with van der Waals surface area (Å²) in [5, 5.41) is 2.34. The molecule has 8 nitrogen and oxygen atoms in total. The van der Waals surface area contributed by atoms with Gasteiger partial charge < -0.3 is 25.3 Å². The van der Waals surface area contributed by atoms with Gasteiger partial charge in [0.05, 0.1) is 19.0 Å². The molecule has 0 spiro atoms. The van der Waals surface area contributed by atoms with Crippen molar-refractivity contribution in [3.8, 4) is 11.5 Å². The third-order valence-corrected chi connectivity index (χ3v) is 6.08. The molecule has 1 aliphatic heterocycles. The quantitative estimate of drug-likeness (QED) is 0.533. The summed E-state index contributed by atoms with van der Waals surface area (Å²) in [6.07, 6.45) is -5.70. The number of anilines is 1. The van der Waals surface area contributed by atoms with Gasteiger partial charge >= 0.3 is 12.8 Å². The Balaban J connectivity index is 2.05. The molecule has 0 aliphatic carbocycles. The van der Waals surface area contributed by atoms with E-state index >= 15 is 0 Å². The minimum Gasteiger partial charge on any atom is -0.493 e. The van der Waals surface area contributed by atoms with E-state index < -0.39 is 65.5 Å². The fourth-order valence-corrected chi connectivity index (χ4v) is 4.06. The van der Waals surface area contributed by atoms with Gasteiger partial charge in [-0.3, -0.25) is 9.59 Å². The molecular weight excluding hydrogens is 500 g/mol. The van der Waals surface area contributed by atoms with Crippen molar-refractivity contribution >= 4 is 17.5 Å². The third kappa shape index (κ3) is 4.90. The highest BCUT2D eigenvalue weighted by Gasteiger charge is 2.65. The molecule has 36 heavy (non-hydrogen) atoms. The Hall–Kier alpha value is -3.55. The molecule has 3 rings (SSSR count). The van der Waals surface area contributed by atoms with Gasteiger partial charge in [0, 0.05) is 17.4 Å². The fraction of sp³-hybridized carbons (Fsp3) is 0.409. The summed E-state index contributed by atoms with van der Waals surface area (Å²) >= 11 is 0. The Labute approximate surface area is 200 Å². The number of carbonyl (C=O) groups is 2. The van der Waals surface area contributed by atoms with Crippen molar-refractivity contribution in [2.75, 3.05) is 12.4 Å². The minimum atomic E-state index is -4.94. The lowest BCUT2D eigenvalue weighted by atomic mass is 9.77. The van der Waals surface area contributed by atoms with Crippen LogP contribution in [0.2, 0.25) is 0 Å². The molecular formula is C22H21F6N3O5. The molecule has 14 heteroatoms. The van der Waals surface area contributed by atoms with Crippen LogP contribution in [0.15, 0.2) is 30.5 Å². The Morgan fingerprint density at radius 1 is 1.22 bits per heavy atom. The van der Waals surface area contributed by atoms with Gasteiger partial charge in [0.15, 0.2) is 17.1 Å². The average Bonchev–Trinajstić information content (AvgIpc) is 3.07. The highest BCUT2D eigenvalue weighted by atomic mass is 19.4. The van der Waals surface area contributed by atoms with E-state index in [1.807, 2.05) is 0 Å². The molecule has 0 bridgehead atoms. The summed E-state index contributed by atoms with van der Waals surface area (Å²) in [6.45, 7) is -1.46. The molecule has 2 aromatic rings. The number of ether oxygens (including phenoxy) is 3. The standard InChI is InChI=1S/C22H21F6N3O5/c1-9-14(11-5-7-13(35-20(24)25)15(23)16(11)34-3)17(36-21(9,2)22(26,27)28)19(33)31-10-4-6-12(18(29)32)30-8-10/h4-9,14,17,20H,1-3H3,(H2,29,32)(H,31,33)/t9-,14-,17+,21+/m0/s1. The normalized spacial score (nSPS) is 24.0. The summed E-state index contributed by atoms with van der Waals surface area (Å²) in [5.41, 5.74) is 1.93. The van der Waals surface area contributed by atoms with Crippen LogP contribution in [0.5, 0.6) is 11.5 Å². The Kier molecular flexibility index (Phi) is 7.39. The van der Waals surface area contributed by atoms with Gasteiger partial charge in [-0.05, 0) is 25.1 Å². The molecule has 1 aromatic carbocycles. The van der Waals surface area contributed by atoms with E-state index in [1.165, 1.54) is 12.1 Å². The van der Waals surface area contributed by atoms with Gasteiger partial charge in [-0.25, -0.2) is 4.98 Å². The van der Waals surface area contributed by atoms with Crippen molar-refractivity contribution in [1.82, 2.24) is 4.98 Å². The topological polar surface area (TPSA) is 113 Å². The number of pyridine rings is 1. The van der Waals surface area contributed by atoms with Gasteiger partial charge in [-0.2, -0.15) is 26.3 Å². The number of primary amides is 1. The van der Waals surface area contributed by atoms with E-state index in [9.17, 15) is 35.9 Å². The second kappa shape index (κ2) is 9.84. The molecule has 2 amide bonds. The van der Waals surface area contributed by atoms with Gasteiger partial charge in [-0.1, -0.05) is 13.0 Å². The number of alkyl halides is 5. The van der Waals surface area contributed by atoms with E-state index in [4.69, 9.17) is 15.2 Å². The summed E-state index contributed by atoms with van der Waals surface area (Å²) in [5.74, 6) is -7.71. The largest absolute Gasteiger partial charge is 0.493 e. The summed E-state index contributed by atoms with van der Waals surface area (Å²) in [6, 6.07) is 4.28. The number of methoxy groups -OCH3 is 1. The van der Waals surface area contributed by atoms with E-state index in [2.05, 4.69) is 15.0 Å². The van der Waals surface area contributed by atoms with Crippen LogP contribution in [0.25, 0.3) is 0 Å². The monoisotopic (exact) mass is 521 g/mol. The highest BCUT2D eigenvalue weighted by molar-refractivity contribution is 5.96. The van der Waals surface area contributed by atoms with Crippen molar-refractivity contribution < 1.29 is 50.1 Å². The predicted molar refractivity (Wildman–Crippen MR) is 112 cm³/mol. The number of carbonyl (C=O) groups excluding carboxylic acids is 2. The molecule has 4 atom stereocenters. The zero-order chi connectivity index (χ0) is 27.0. The lowest BCUT2D eigenvalue weighted by Gasteiger charge is -2.32. The summed E-state index contributed by atoms with van der Waals surface area (Å²) in [4.78, 5) is 28.0. The number of nitrogens with two attached hydrogens (primary N) is 1. The number of aromatic nitrogens is 1. The first-order valence-corrected chi connectivity index (χ1v) is 10.3. The number of nitrogens with one attached hydrogen (secondary N) is 1. The Morgan fingerprint density at radius 3 is 2.39 bits per heavy atom. The Bertz CT molecular complexity index is 1140. The molecule has 0 saturated carbocycles. The molecule has 3 N–H and O–H groups in total. The van der Waals surface area contributed by atoms with Crippen LogP contribution in [0.1, 0.15) is 35.8 Å². The van der Waals surface area contributed by atoms with Crippen LogP contribution in [-0.4, -0.2) is 48.4 Å². The van der Waals surface area contributed by atoms with Crippen molar-refractivity contribution in [3.05, 3.63) is 47.5 Å². The first-order chi connectivity index (χ1) is 16.7. The minimum absolute atomic E-state index is 0.0134. The van der Waals surface area contributed by atoms with Crippen molar-refractivity contribution in [3.63, 3.8) is 0 Å². The number of halogens is 6. The van der Waals surface area contributed by atoms with Crippen molar-refractivity contribution in [1.29, 1.82) is 0 Å². The second-order valence-corrected chi connectivity index (χ2v) is 8.12. The SMILES string of the molecule is COc1c([C@H]2[C@H](C(=O)Nc3ccc(C(N)=O)nc3)O[C@@](C)(C(F)(F)F)[C@H]2C)ccc(OC(F)F)c1F. The number of benzene rings is 1. The van der Waals surface area contributed by atoms with Crippen LogP contribution in [0.3, 0.4) is 0 Å². The van der Waals surface area contributed by atoms with Gasteiger partial charge in [0.1, 0.15) is 11.8 Å². The van der Waals surface area contributed by atoms with E-state index in [0.29, 0.717) is 0 Å². The zero-order valence-electron chi connectivity index (χ0n) is 19.0. The molecule has 1 aromatic heterocycles. The van der Waals surface area contributed by atoms with Gasteiger partial charge in [0.25, 0.3) is 11.8 Å². The molecule has 2 heterocycles. The smallest absolute Gasteiger partial charge is 0.417 e. The average molecular weight is 521 g/mol. The van der Waals surface area contributed by atoms with Crippen LogP contribution >= 0.6 is 0 Å². The predicted octanol–water partition coefficient (Wildman–Crippen LogP) is 4.01. The molecule has 0 radical (unpaired) electrons. The number of hydrogen-bond acceptors (Lipinski definition) is 6. The van der Waals surface area contributed by atoms with E-state index in [-0.39, 0.29) is 16.9 Å². The van der Waals surface area contributed by atoms with E-state index in [0.717, 1.165) is 39.3 Å². The lowest BCUT2D eigenvalue weighted by molar-refractivity contribution is -0.272. The highest BCUT2D eigenvalue weighted by Crippen LogP contribution is 2.55. The maximum atomic E-state index is 14.9. The summed E-state index contributed by atoms with van der Waals surface area (Å²) in [7, 11) is 0.985. The van der Waals surface area contributed by atoms with Crippen LogP contribution in [0.4, 0.5) is 32.0 Å². The molecule has 196 valence electrons. The fourth-order valence-electron chi connectivity index (χ4n) is 4.06. The summed E-state index contributed by atoms with van der Waals surface area (Å²) < 4.78 is 96.5. The van der Waals surface area contributed by atoms with E-state index in [1.54, 1.807) is 0 Å². The van der Waals surface area contributed by atoms with Crippen molar-refractivity contribution in [2.45, 2.75) is 44.3 Å². The first-order valence-electron chi connectivity index (χ1n) is 10.3. The van der Waals surface area contributed by atoms with Crippen molar-refractivity contribution in [2.24, 2.45) is 11.7 Å².